The Balaban J connectivity index is 1.61. The Morgan fingerprint density at radius 2 is 1.57 bits per heavy atom. The van der Waals surface area contributed by atoms with Gasteiger partial charge in [-0.05, 0) is 52.2 Å². The van der Waals surface area contributed by atoms with Crippen molar-refractivity contribution in [3.8, 4) is 5.75 Å². The average molecular weight is 494 g/mol. The van der Waals surface area contributed by atoms with Crippen LogP contribution >= 0.6 is 0 Å². The maximum absolute atomic E-state index is 13.3. The van der Waals surface area contributed by atoms with Crippen LogP contribution in [0.4, 0.5) is 0 Å². The minimum absolute atomic E-state index is 0.0313. The molecule has 7 nitrogen and oxygen atoms in total. The number of aliphatic hydroxyl groups is 1. The van der Waals surface area contributed by atoms with E-state index in [9.17, 15) is 24.6 Å². The maximum atomic E-state index is 13.3. The fourth-order valence-electron chi connectivity index (χ4n) is 4.64. The van der Waals surface area contributed by atoms with Crippen molar-refractivity contribution in [2.45, 2.75) is 12.6 Å². The monoisotopic (exact) mass is 493 g/mol. The summed E-state index contributed by atoms with van der Waals surface area (Å²) in [5, 5.41) is 23.3. The van der Waals surface area contributed by atoms with Gasteiger partial charge in [0.2, 0.25) is 0 Å². The van der Waals surface area contributed by atoms with Gasteiger partial charge < -0.3 is 19.8 Å². The smallest absolute Gasteiger partial charge is 0.337 e. The summed E-state index contributed by atoms with van der Waals surface area (Å²) >= 11 is 0. The van der Waals surface area contributed by atoms with Gasteiger partial charge in [-0.25, -0.2) is 4.79 Å². The van der Waals surface area contributed by atoms with Crippen LogP contribution in [0.3, 0.4) is 0 Å². The maximum Gasteiger partial charge on any atom is 0.337 e. The standard InChI is InChI=1S/C30H23NO6/c1-37-30(36)20-11-9-18(10-12-20)17-31-26(22-7-4-8-24(32)16-22)25(28(34)29(31)35)27(33)23-14-13-19-5-2-3-6-21(19)15-23/h2-16,26,32-33H,17H2,1H3/b27-25-. The summed E-state index contributed by atoms with van der Waals surface area (Å²) in [7, 11) is 1.29. The van der Waals surface area contributed by atoms with Crippen molar-refractivity contribution < 1.29 is 29.3 Å². The number of amides is 1. The first kappa shape index (κ1) is 23.8. The molecule has 0 bridgehead atoms. The second-order valence-corrected chi connectivity index (χ2v) is 8.77. The molecule has 7 heteroatoms. The number of rotatable bonds is 5. The van der Waals surface area contributed by atoms with Gasteiger partial charge >= 0.3 is 5.97 Å². The van der Waals surface area contributed by atoms with Crippen LogP contribution in [0.1, 0.15) is 33.1 Å². The number of methoxy groups -OCH3 is 1. The third-order valence-corrected chi connectivity index (χ3v) is 6.48. The first-order valence-electron chi connectivity index (χ1n) is 11.6. The van der Waals surface area contributed by atoms with Crippen molar-refractivity contribution in [1.29, 1.82) is 0 Å². The molecule has 0 saturated carbocycles. The molecule has 4 aromatic carbocycles. The Kier molecular flexibility index (Phi) is 6.19. The molecule has 1 fully saturated rings. The lowest BCUT2D eigenvalue weighted by atomic mass is 9.94. The van der Waals surface area contributed by atoms with Gasteiger partial charge in [0.05, 0.1) is 24.3 Å². The molecule has 5 rings (SSSR count). The molecule has 1 saturated heterocycles. The molecule has 1 atom stereocenters. The fourth-order valence-corrected chi connectivity index (χ4v) is 4.64. The van der Waals surface area contributed by atoms with E-state index in [1.54, 1.807) is 48.5 Å². The lowest BCUT2D eigenvalue weighted by Crippen LogP contribution is -2.29. The Bertz CT molecular complexity index is 1570. The molecular weight excluding hydrogens is 470 g/mol. The summed E-state index contributed by atoms with van der Waals surface area (Å²) in [4.78, 5) is 39.7. The summed E-state index contributed by atoms with van der Waals surface area (Å²) in [6.07, 6.45) is 0. The Morgan fingerprint density at radius 1 is 0.865 bits per heavy atom. The number of ether oxygens (including phenoxy) is 1. The van der Waals surface area contributed by atoms with E-state index in [1.807, 2.05) is 30.3 Å². The van der Waals surface area contributed by atoms with E-state index in [4.69, 9.17) is 4.74 Å². The summed E-state index contributed by atoms with van der Waals surface area (Å²) in [5.41, 5.74) is 1.86. The lowest BCUT2D eigenvalue weighted by molar-refractivity contribution is -0.140. The Hall–Kier alpha value is -4.91. The summed E-state index contributed by atoms with van der Waals surface area (Å²) in [6, 6.07) is 24.8. The minimum Gasteiger partial charge on any atom is -0.508 e. The highest BCUT2D eigenvalue weighted by atomic mass is 16.5. The molecule has 4 aromatic rings. The number of hydrogen-bond donors (Lipinski definition) is 2. The molecule has 0 radical (unpaired) electrons. The number of esters is 1. The van der Waals surface area contributed by atoms with Gasteiger partial charge in [-0.15, -0.1) is 0 Å². The topological polar surface area (TPSA) is 104 Å². The number of carbonyl (C=O) groups excluding carboxylic acids is 3. The van der Waals surface area contributed by atoms with Crippen LogP contribution in [0.5, 0.6) is 5.75 Å². The SMILES string of the molecule is COC(=O)c1ccc(CN2C(=O)C(=O)/C(=C(\O)c3ccc4ccccc4c3)C2c2cccc(O)c2)cc1. The number of nitrogens with zero attached hydrogens (tertiary/aromatic N) is 1. The van der Waals surface area contributed by atoms with E-state index < -0.39 is 23.7 Å². The zero-order chi connectivity index (χ0) is 26.1. The molecule has 184 valence electrons. The average Bonchev–Trinajstić information content (AvgIpc) is 3.17. The van der Waals surface area contributed by atoms with Crippen LogP contribution in [0.25, 0.3) is 16.5 Å². The van der Waals surface area contributed by atoms with E-state index in [-0.39, 0.29) is 23.6 Å². The number of fused-ring (bicyclic) bond motifs is 1. The van der Waals surface area contributed by atoms with Crippen LogP contribution in [0, 0.1) is 0 Å². The number of carbonyl (C=O) groups is 3. The largest absolute Gasteiger partial charge is 0.508 e. The fraction of sp³-hybridized carbons (Fsp3) is 0.100. The van der Waals surface area contributed by atoms with Crippen LogP contribution in [-0.2, 0) is 20.9 Å². The van der Waals surface area contributed by atoms with Crippen molar-refractivity contribution in [2.75, 3.05) is 7.11 Å². The Labute approximate surface area is 212 Å². The van der Waals surface area contributed by atoms with Gasteiger partial charge in [0.1, 0.15) is 11.5 Å². The van der Waals surface area contributed by atoms with Crippen LogP contribution < -0.4 is 0 Å². The van der Waals surface area contributed by atoms with Crippen molar-refractivity contribution in [2.24, 2.45) is 0 Å². The normalized spacial score (nSPS) is 16.8. The molecule has 0 spiro atoms. The number of ketones is 1. The van der Waals surface area contributed by atoms with Gasteiger partial charge in [-0.2, -0.15) is 0 Å². The van der Waals surface area contributed by atoms with Crippen molar-refractivity contribution in [3.63, 3.8) is 0 Å². The molecule has 37 heavy (non-hydrogen) atoms. The summed E-state index contributed by atoms with van der Waals surface area (Å²) < 4.78 is 4.73. The zero-order valence-corrected chi connectivity index (χ0v) is 19.9. The zero-order valence-electron chi connectivity index (χ0n) is 19.9. The quantitative estimate of drug-likeness (QED) is 0.176. The number of aromatic hydroxyl groups is 1. The third-order valence-electron chi connectivity index (χ3n) is 6.48. The van der Waals surface area contributed by atoms with Crippen molar-refractivity contribution in [1.82, 2.24) is 4.90 Å². The van der Waals surface area contributed by atoms with Gasteiger partial charge in [0.25, 0.3) is 11.7 Å². The summed E-state index contributed by atoms with van der Waals surface area (Å²) in [6.45, 7) is 0.0425. The van der Waals surface area contributed by atoms with Crippen LogP contribution in [-0.4, -0.2) is 39.9 Å². The molecule has 2 N–H and O–H groups in total. The lowest BCUT2D eigenvalue weighted by Gasteiger charge is -2.25. The molecule has 0 aliphatic carbocycles. The molecular formula is C30H23NO6. The number of aliphatic hydroxyl groups excluding tert-OH is 1. The van der Waals surface area contributed by atoms with E-state index in [2.05, 4.69) is 0 Å². The Morgan fingerprint density at radius 3 is 2.27 bits per heavy atom. The number of likely N-dealkylation sites (tertiary alicyclic amines) is 1. The predicted molar refractivity (Wildman–Crippen MR) is 138 cm³/mol. The highest BCUT2D eigenvalue weighted by Crippen LogP contribution is 2.41. The van der Waals surface area contributed by atoms with Gasteiger partial charge in [-0.1, -0.05) is 60.7 Å². The second kappa shape index (κ2) is 9.62. The number of benzene rings is 4. The van der Waals surface area contributed by atoms with Crippen LogP contribution in [0.15, 0.2) is 96.6 Å². The highest BCUT2D eigenvalue weighted by molar-refractivity contribution is 6.46. The molecule has 1 unspecified atom stereocenters. The molecule has 1 amide bonds. The first-order valence-corrected chi connectivity index (χ1v) is 11.6. The van der Waals surface area contributed by atoms with Gasteiger partial charge in [0, 0.05) is 12.1 Å². The number of hydrogen-bond acceptors (Lipinski definition) is 6. The number of phenols is 1. The predicted octanol–water partition coefficient (Wildman–Crippen LogP) is 4.95. The van der Waals surface area contributed by atoms with E-state index in [0.717, 1.165) is 10.8 Å². The van der Waals surface area contributed by atoms with Crippen molar-refractivity contribution in [3.05, 3.63) is 119 Å². The molecule has 0 aromatic heterocycles. The van der Waals surface area contributed by atoms with E-state index in [0.29, 0.717) is 22.3 Å². The summed E-state index contributed by atoms with van der Waals surface area (Å²) in [5.74, 6) is -2.39. The third kappa shape index (κ3) is 4.43. The van der Waals surface area contributed by atoms with Gasteiger partial charge in [0.15, 0.2) is 0 Å². The molecule has 1 aliphatic rings. The highest BCUT2D eigenvalue weighted by Gasteiger charge is 2.46. The second-order valence-electron chi connectivity index (χ2n) is 8.77. The van der Waals surface area contributed by atoms with Crippen LogP contribution in [0.2, 0.25) is 0 Å². The number of phenolic OH excluding ortho intramolecular Hbond substituents is 1. The first-order chi connectivity index (χ1) is 17.9. The van der Waals surface area contributed by atoms with Crippen molar-refractivity contribution >= 4 is 34.2 Å². The minimum atomic E-state index is -0.932. The molecule has 1 heterocycles. The number of Topliss-reactive ketones (excluding diaryl/α,β-unsaturated/α-hetero) is 1. The van der Waals surface area contributed by atoms with Gasteiger partial charge in [-0.3, -0.25) is 9.59 Å². The molecule has 1 aliphatic heterocycles. The van der Waals surface area contributed by atoms with E-state index >= 15 is 0 Å². The van der Waals surface area contributed by atoms with E-state index in [1.165, 1.54) is 24.1 Å².